The van der Waals surface area contributed by atoms with Crippen molar-refractivity contribution < 1.29 is 9.32 Å². The van der Waals surface area contributed by atoms with Crippen molar-refractivity contribution >= 4 is 29.9 Å². The molecule has 27 heavy (non-hydrogen) atoms. The van der Waals surface area contributed by atoms with Crippen molar-refractivity contribution in [3.63, 3.8) is 0 Å². The molecule has 1 amide bonds. The second-order valence-electron chi connectivity index (χ2n) is 6.18. The molecule has 142 valence electrons. The number of rotatable bonds is 6. The normalized spacial score (nSPS) is 11.5. The molecule has 0 fully saturated rings. The van der Waals surface area contributed by atoms with Crippen molar-refractivity contribution in [2.45, 2.75) is 19.0 Å². The van der Waals surface area contributed by atoms with Crippen molar-refractivity contribution in [3.05, 3.63) is 77.0 Å². The minimum atomic E-state index is -0.627. The third-order valence-electron chi connectivity index (χ3n) is 4.08. The quantitative estimate of drug-likeness (QED) is 0.673. The summed E-state index contributed by atoms with van der Waals surface area (Å²) >= 11 is 5.87. The summed E-state index contributed by atoms with van der Waals surface area (Å²) in [5, 5.41) is 4.72. The van der Waals surface area contributed by atoms with Crippen LogP contribution in [0.15, 0.2) is 65.2 Å². The van der Waals surface area contributed by atoms with Gasteiger partial charge >= 0.3 is 0 Å². The zero-order valence-electron chi connectivity index (χ0n) is 14.8. The number of amides is 1. The summed E-state index contributed by atoms with van der Waals surface area (Å²) in [6, 6.07) is 18.3. The van der Waals surface area contributed by atoms with E-state index in [4.69, 9.17) is 21.9 Å². The highest BCUT2D eigenvalue weighted by molar-refractivity contribution is 6.30. The summed E-state index contributed by atoms with van der Waals surface area (Å²) in [5.41, 5.74) is 8.75. The number of likely N-dealkylation sites (N-methyl/N-ethyl adjacent to an activating group) is 1. The number of aromatic nitrogens is 1. The lowest BCUT2D eigenvalue weighted by Gasteiger charge is -2.20. The molecule has 0 saturated heterocycles. The van der Waals surface area contributed by atoms with Gasteiger partial charge in [-0.3, -0.25) is 4.79 Å². The Balaban J connectivity index is 0.00000261. The summed E-state index contributed by atoms with van der Waals surface area (Å²) in [6.45, 7) is 0.312. The smallest absolute Gasteiger partial charge is 0.239 e. The first-order valence-corrected chi connectivity index (χ1v) is 8.67. The number of carbonyl (C=O) groups is 1. The maximum atomic E-state index is 12.5. The fourth-order valence-corrected chi connectivity index (χ4v) is 2.81. The van der Waals surface area contributed by atoms with Gasteiger partial charge in [-0.05, 0) is 24.1 Å². The Morgan fingerprint density at radius 1 is 1.19 bits per heavy atom. The van der Waals surface area contributed by atoms with Crippen molar-refractivity contribution in [1.82, 2.24) is 10.1 Å². The van der Waals surface area contributed by atoms with Crippen LogP contribution in [0.5, 0.6) is 0 Å². The van der Waals surface area contributed by atoms with Crippen LogP contribution < -0.4 is 5.73 Å². The molecule has 2 N–H and O–H groups in total. The lowest BCUT2D eigenvalue weighted by molar-refractivity contribution is -0.132. The van der Waals surface area contributed by atoms with Gasteiger partial charge in [0, 0.05) is 23.7 Å². The Labute approximate surface area is 169 Å². The summed E-state index contributed by atoms with van der Waals surface area (Å²) in [4.78, 5) is 14.1. The summed E-state index contributed by atoms with van der Waals surface area (Å²) in [5.74, 6) is 0.455. The molecule has 3 rings (SSSR count). The number of hydrogen-bond acceptors (Lipinski definition) is 4. The lowest BCUT2D eigenvalue weighted by Crippen LogP contribution is -2.42. The molecular formula is C20H21Cl2N3O2. The average molecular weight is 406 g/mol. The van der Waals surface area contributed by atoms with E-state index in [1.54, 1.807) is 24.1 Å². The number of halogens is 2. The molecule has 2 aromatic carbocycles. The fourth-order valence-electron chi connectivity index (χ4n) is 2.69. The van der Waals surface area contributed by atoms with Crippen LogP contribution in [-0.4, -0.2) is 29.1 Å². The summed E-state index contributed by atoms with van der Waals surface area (Å²) in [6.07, 6.45) is 0.450. The molecule has 0 bridgehead atoms. The SMILES string of the molecule is CN(Cc1cc(-c2ccccc2)no1)C(=O)[C@H](N)Cc1ccc(Cl)cc1.Cl. The van der Waals surface area contributed by atoms with Crippen LogP contribution >= 0.6 is 24.0 Å². The van der Waals surface area contributed by atoms with Gasteiger partial charge in [-0.2, -0.15) is 0 Å². The summed E-state index contributed by atoms with van der Waals surface area (Å²) in [7, 11) is 1.70. The van der Waals surface area contributed by atoms with Crippen LogP contribution in [0.1, 0.15) is 11.3 Å². The highest BCUT2D eigenvalue weighted by Gasteiger charge is 2.20. The molecular weight excluding hydrogens is 385 g/mol. The maximum absolute atomic E-state index is 12.5. The highest BCUT2D eigenvalue weighted by atomic mass is 35.5. The Kier molecular flexibility index (Phi) is 7.42. The average Bonchev–Trinajstić information content (AvgIpc) is 3.12. The van der Waals surface area contributed by atoms with Crippen LogP contribution in [0.3, 0.4) is 0 Å². The minimum absolute atomic E-state index is 0. The number of nitrogens with two attached hydrogens (primary N) is 1. The maximum Gasteiger partial charge on any atom is 0.239 e. The van der Waals surface area contributed by atoms with Crippen molar-refractivity contribution in [3.8, 4) is 11.3 Å². The second-order valence-corrected chi connectivity index (χ2v) is 6.61. The largest absolute Gasteiger partial charge is 0.359 e. The van der Waals surface area contributed by atoms with E-state index in [9.17, 15) is 4.79 Å². The first kappa shape index (κ1) is 21.0. The number of nitrogens with zero attached hydrogens (tertiary/aromatic N) is 2. The summed E-state index contributed by atoms with van der Waals surface area (Å²) < 4.78 is 5.35. The molecule has 0 saturated carbocycles. The Hall–Kier alpha value is -2.34. The molecule has 1 heterocycles. The van der Waals surface area contributed by atoms with E-state index in [2.05, 4.69) is 5.16 Å². The topological polar surface area (TPSA) is 72.4 Å². The predicted octanol–water partition coefficient (Wildman–Crippen LogP) is 3.95. The van der Waals surface area contributed by atoms with E-state index in [-0.39, 0.29) is 18.3 Å². The van der Waals surface area contributed by atoms with Crippen LogP contribution in [-0.2, 0) is 17.8 Å². The monoisotopic (exact) mass is 405 g/mol. The van der Waals surface area contributed by atoms with Gasteiger partial charge in [-0.15, -0.1) is 12.4 Å². The molecule has 1 atom stereocenters. The molecule has 0 radical (unpaired) electrons. The van der Waals surface area contributed by atoms with Gasteiger partial charge in [0.2, 0.25) is 5.91 Å². The minimum Gasteiger partial charge on any atom is -0.359 e. The number of benzene rings is 2. The molecule has 0 aliphatic carbocycles. The fraction of sp³-hybridized carbons (Fsp3) is 0.200. The van der Waals surface area contributed by atoms with E-state index >= 15 is 0 Å². The van der Waals surface area contributed by atoms with Crippen molar-refractivity contribution in [1.29, 1.82) is 0 Å². The molecule has 5 nitrogen and oxygen atoms in total. The molecule has 0 spiro atoms. The van der Waals surface area contributed by atoms with Gasteiger partial charge in [0.1, 0.15) is 5.69 Å². The first-order chi connectivity index (χ1) is 12.5. The van der Waals surface area contributed by atoms with Crippen molar-refractivity contribution in [2.75, 3.05) is 7.05 Å². The number of carbonyl (C=O) groups excluding carboxylic acids is 1. The van der Waals surface area contributed by atoms with Crippen LogP contribution in [0.2, 0.25) is 5.02 Å². The second kappa shape index (κ2) is 9.55. The van der Waals surface area contributed by atoms with Gasteiger partial charge in [-0.1, -0.05) is 59.2 Å². The Bertz CT molecular complexity index is 866. The van der Waals surface area contributed by atoms with Crippen LogP contribution in [0.25, 0.3) is 11.3 Å². The van der Waals surface area contributed by atoms with Gasteiger partial charge in [0.15, 0.2) is 5.76 Å². The molecule has 1 aromatic heterocycles. The standard InChI is InChI=1S/C20H20ClN3O2.ClH/c1-24(20(25)18(22)11-14-7-9-16(21)10-8-14)13-17-12-19(23-26-17)15-5-3-2-4-6-15;/h2-10,12,18H,11,13,22H2,1H3;1H/t18-;/m1./s1. The van der Waals surface area contributed by atoms with E-state index in [0.717, 1.165) is 16.8 Å². The van der Waals surface area contributed by atoms with Gasteiger partial charge in [0.05, 0.1) is 12.6 Å². The van der Waals surface area contributed by atoms with Gasteiger partial charge in [-0.25, -0.2) is 0 Å². The molecule has 0 unspecified atom stereocenters. The molecule has 3 aromatic rings. The van der Waals surface area contributed by atoms with Crippen molar-refractivity contribution in [2.24, 2.45) is 5.73 Å². The van der Waals surface area contributed by atoms with E-state index in [0.29, 0.717) is 23.7 Å². The zero-order chi connectivity index (χ0) is 18.5. The van der Waals surface area contributed by atoms with E-state index in [1.165, 1.54) is 0 Å². The van der Waals surface area contributed by atoms with Gasteiger partial charge < -0.3 is 15.2 Å². The Morgan fingerprint density at radius 2 is 1.85 bits per heavy atom. The third-order valence-corrected chi connectivity index (χ3v) is 4.34. The third kappa shape index (κ3) is 5.57. The van der Waals surface area contributed by atoms with Crippen LogP contribution in [0, 0.1) is 0 Å². The highest BCUT2D eigenvalue weighted by Crippen LogP contribution is 2.19. The number of hydrogen-bond donors (Lipinski definition) is 1. The predicted molar refractivity (Wildman–Crippen MR) is 109 cm³/mol. The van der Waals surface area contributed by atoms with E-state index < -0.39 is 6.04 Å². The lowest BCUT2D eigenvalue weighted by atomic mass is 10.1. The molecule has 7 heteroatoms. The first-order valence-electron chi connectivity index (χ1n) is 8.29. The molecule has 0 aliphatic rings. The molecule has 0 aliphatic heterocycles. The zero-order valence-corrected chi connectivity index (χ0v) is 16.4. The van der Waals surface area contributed by atoms with Crippen LogP contribution in [0.4, 0.5) is 0 Å². The Morgan fingerprint density at radius 3 is 2.52 bits per heavy atom. The van der Waals surface area contributed by atoms with E-state index in [1.807, 2.05) is 48.5 Å². The van der Waals surface area contributed by atoms with Gasteiger partial charge in [0.25, 0.3) is 0 Å².